The van der Waals surface area contributed by atoms with E-state index in [-0.39, 0.29) is 17.1 Å². The van der Waals surface area contributed by atoms with Gasteiger partial charge >= 0.3 is 0 Å². The first-order valence-corrected chi connectivity index (χ1v) is 7.13. The van der Waals surface area contributed by atoms with E-state index in [9.17, 15) is 9.90 Å². The summed E-state index contributed by atoms with van der Waals surface area (Å²) in [6.45, 7) is 0. The molecule has 0 aliphatic heterocycles. The third-order valence-corrected chi connectivity index (χ3v) is 3.79. The first-order valence-electron chi connectivity index (χ1n) is 7.13. The molecule has 0 aromatic heterocycles. The molecule has 0 atom stereocenters. The molecule has 4 nitrogen and oxygen atoms in total. The highest BCUT2D eigenvalue weighted by atomic mass is 16.5. The molecule has 116 valence electrons. The van der Waals surface area contributed by atoms with Crippen LogP contribution in [0.3, 0.4) is 0 Å². The van der Waals surface area contributed by atoms with Crippen molar-refractivity contribution in [3.63, 3.8) is 0 Å². The summed E-state index contributed by atoms with van der Waals surface area (Å²) >= 11 is 0. The number of carbonyl (C=O) groups is 1. The van der Waals surface area contributed by atoms with Crippen LogP contribution < -0.4 is 9.47 Å². The molecule has 0 aliphatic rings. The summed E-state index contributed by atoms with van der Waals surface area (Å²) in [4.78, 5) is 12.6. The molecule has 3 aromatic rings. The molecule has 23 heavy (non-hydrogen) atoms. The second kappa shape index (κ2) is 6.01. The zero-order valence-corrected chi connectivity index (χ0v) is 12.9. The summed E-state index contributed by atoms with van der Waals surface area (Å²) in [5.41, 5.74) is 0.749. The van der Waals surface area contributed by atoms with E-state index in [0.29, 0.717) is 17.1 Å². The molecule has 3 rings (SSSR count). The lowest BCUT2D eigenvalue weighted by Crippen LogP contribution is -2.02. The first kappa shape index (κ1) is 14.9. The van der Waals surface area contributed by atoms with Crippen molar-refractivity contribution in [1.82, 2.24) is 0 Å². The second-order valence-electron chi connectivity index (χ2n) is 5.08. The zero-order chi connectivity index (χ0) is 16.4. The highest BCUT2D eigenvalue weighted by Crippen LogP contribution is 2.34. The van der Waals surface area contributed by atoms with Crippen molar-refractivity contribution in [2.45, 2.75) is 0 Å². The van der Waals surface area contributed by atoms with Crippen LogP contribution in [-0.2, 0) is 0 Å². The van der Waals surface area contributed by atoms with Crippen LogP contribution in [0, 0.1) is 0 Å². The molecule has 0 bridgehead atoms. The fourth-order valence-corrected chi connectivity index (χ4v) is 2.61. The van der Waals surface area contributed by atoms with E-state index in [1.54, 1.807) is 50.6 Å². The minimum Gasteiger partial charge on any atom is -0.507 e. The van der Waals surface area contributed by atoms with Crippen LogP contribution in [0.5, 0.6) is 17.2 Å². The number of aromatic hydroxyl groups is 1. The van der Waals surface area contributed by atoms with Gasteiger partial charge in [-0.3, -0.25) is 4.79 Å². The number of benzene rings is 3. The first-order chi connectivity index (χ1) is 11.2. The quantitative estimate of drug-likeness (QED) is 0.745. The number of fused-ring (bicyclic) bond motifs is 1. The Labute approximate surface area is 133 Å². The Morgan fingerprint density at radius 1 is 0.870 bits per heavy atom. The summed E-state index contributed by atoms with van der Waals surface area (Å²) in [5, 5.41) is 11.5. The summed E-state index contributed by atoms with van der Waals surface area (Å²) in [6.07, 6.45) is 0. The molecule has 0 heterocycles. The molecular weight excluding hydrogens is 292 g/mol. The Bertz CT molecular complexity index is 884. The number of para-hydroxylation sites is 1. The molecule has 0 unspecified atom stereocenters. The topological polar surface area (TPSA) is 55.8 Å². The van der Waals surface area contributed by atoms with Gasteiger partial charge in [0, 0.05) is 16.3 Å². The predicted molar refractivity (Wildman–Crippen MR) is 88.6 cm³/mol. The smallest absolute Gasteiger partial charge is 0.196 e. The number of carbonyl (C=O) groups excluding carboxylic acids is 1. The molecule has 0 saturated heterocycles. The lowest BCUT2D eigenvalue weighted by Gasteiger charge is -2.11. The largest absolute Gasteiger partial charge is 0.507 e. The number of ether oxygens (including phenoxy) is 2. The van der Waals surface area contributed by atoms with Crippen molar-refractivity contribution in [2.24, 2.45) is 0 Å². The number of rotatable bonds is 4. The molecule has 1 N–H and O–H groups in total. The van der Waals surface area contributed by atoms with Gasteiger partial charge in [-0.2, -0.15) is 0 Å². The number of phenols is 1. The monoisotopic (exact) mass is 308 g/mol. The van der Waals surface area contributed by atoms with E-state index >= 15 is 0 Å². The van der Waals surface area contributed by atoms with Crippen LogP contribution in [0.15, 0.2) is 54.6 Å². The Kier molecular flexibility index (Phi) is 3.89. The molecule has 0 fully saturated rings. The van der Waals surface area contributed by atoms with Gasteiger partial charge < -0.3 is 14.6 Å². The highest BCUT2D eigenvalue weighted by molar-refractivity contribution is 6.12. The van der Waals surface area contributed by atoms with Gasteiger partial charge in [-0.15, -0.1) is 0 Å². The summed E-state index contributed by atoms with van der Waals surface area (Å²) in [5.74, 6) is 1.10. The average Bonchev–Trinajstić information content (AvgIpc) is 2.60. The molecule has 0 spiro atoms. The Morgan fingerprint density at radius 3 is 2.17 bits per heavy atom. The lowest BCUT2D eigenvalue weighted by molar-refractivity contribution is 0.103. The standard InChI is InChI=1S/C19H16O4/c1-22-17-9-10-18(23-2)15-11-12(7-8-13(15)17)19(21)14-5-3-4-6-16(14)20/h3-11,20H,1-2H3. The summed E-state index contributed by atoms with van der Waals surface area (Å²) in [6, 6.07) is 15.4. The molecule has 0 aliphatic carbocycles. The van der Waals surface area contributed by atoms with Gasteiger partial charge in [0.1, 0.15) is 17.2 Å². The normalized spacial score (nSPS) is 10.5. The maximum atomic E-state index is 12.6. The maximum Gasteiger partial charge on any atom is 0.196 e. The molecule has 0 saturated carbocycles. The Balaban J connectivity index is 2.17. The minimum absolute atomic E-state index is 0.0322. The number of ketones is 1. The van der Waals surface area contributed by atoms with Crippen LogP contribution in [0.1, 0.15) is 15.9 Å². The number of phenolic OH excluding ortho intramolecular Hbond substituents is 1. The van der Waals surface area contributed by atoms with E-state index in [2.05, 4.69) is 0 Å². The lowest BCUT2D eigenvalue weighted by atomic mass is 9.98. The average molecular weight is 308 g/mol. The van der Waals surface area contributed by atoms with Crippen molar-refractivity contribution < 1.29 is 19.4 Å². The van der Waals surface area contributed by atoms with Crippen molar-refractivity contribution in [3.8, 4) is 17.2 Å². The van der Waals surface area contributed by atoms with E-state index in [1.807, 2.05) is 12.1 Å². The van der Waals surface area contributed by atoms with Crippen LogP contribution in [0.4, 0.5) is 0 Å². The summed E-state index contributed by atoms with van der Waals surface area (Å²) in [7, 11) is 3.18. The van der Waals surface area contributed by atoms with Gasteiger partial charge in [0.05, 0.1) is 19.8 Å². The Hall–Kier alpha value is -3.01. The highest BCUT2D eigenvalue weighted by Gasteiger charge is 2.15. The number of hydrogen-bond acceptors (Lipinski definition) is 4. The van der Waals surface area contributed by atoms with E-state index in [1.165, 1.54) is 6.07 Å². The third kappa shape index (κ3) is 2.59. The fraction of sp³-hybridized carbons (Fsp3) is 0.105. The van der Waals surface area contributed by atoms with Crippen molar-refractivity contribution in [2.75, 3.05) is 14.2 Å². The van der Waals surface area contributed by atoms with Gasteiger partial charge in [0.25, 0.3) is 0 Å². The van der Waals surface area contributed by atoms with Crippen LogP contribution in [0.25, 0.3) is 10.8 Å². The predicted octanol–water partition coefficient (Wildman–Crippen LogP) is 3.79. The molecule has 3 aromatic carbocycles. The van der Waals surface area contributed by atoms with Crippen molar-refractivity contribution in [1.29, 1.82) is 0 Å². The van der Waals surface area contributed by atoms with E-state index < -0.39 is 0 Å². The van der Waals surface area contributed by atoms with Crippen molar-refractivity contribution >= 4 is 16.6 Å². The molecule has 0 amide bonds. The van der Waals surface area contributed by atoms with E-state index in [0.717, 1.165) is 10.8 Å². The van der Waals surface area contributed by atoms with Crippen molar-refractivity contribution in [3.05, 3.63) is 65.7 Å². The van der Waals surface area contributed by atoms with Gasteiger partial charge in [0.15, 0.2) is 5.78 Å². The molecule has 0 radical (unpaired) electrons. The summed E-state index contributed by atoms with van der Waals surface area (Å²) < 4.78 is 10.7. The molecular formula is C19H16O4. The van der Waals surface area contributed by atoms with E-state index in [4.69, 9.17) is 9.47 Å². The van der Waals surface area contributed by atoms with Gasteiger partial charge in [0.2, 0.25) is 0 Å². The Morgan fingerprint density at radius 2 is 1.52 bits per heavy atom. The second-order valence-corrected chi connectivity index (χ2v) is 5.08. The third-order valence-electron chi connectivity index (χ3n) is 3.79. The van der Waals surface area contributed by atoms with Crippen LogP contribution in [-0.4, -0.2) is 25.1 Å². The minimum atomic E-state index is -0.241. The molecule has 4 heteroatoms. The number of hydrogen-bond donors (Lipinski definition) is 1. The van der Waals surface area contributed by atoms with Gasteiger partial charge in [-0.1, -0.05) is 18.2 Å². The number of methoxy groups -OCH3 is 2. The van der Waals surface area contributed by atoms with Gasteiger partial charge in [-0.05, 0) is 36.4 Å². The van der Waals surface area contributed by atoms with Crippen LogP contribution in [0.2, 0.25) is 0 Å². The fourth-order valence-electron chi connectivity index (χ4n) is 2.61. The van der Waals surface area contributed by atoms with Crippen LogP contribution >= 0.6 is 0 Å². The zero-order valence-electron chi connectivity index (χ0n) is 12.9. The SMILES string of the molecule is COc1ccc(OC)c2cc(C(=O)c3ccccc3O)ccc12. The maximum absolute atomic E-state index is 12.6. The van der Waals surface area contributed by atoms with Gasteiger partial charge in [-0.25, -0.2) is 0 Å².